The fraction of sp³-hybridized carbons (Fsp3) is 0.375. The highest BCUT2D eigenvalue weighted by Gasteiger charge is 2.32. The van der Waals surface area contributed by atoms with Crippen molar-refractivity contribution < 1.29 is 9.21 Å². The summed E-state index contributed by atoms with van der Waals surface area (Å²) in [6.45, 7) is 2.23. The van der Waals surface area contributed by atoms with Crippen molar-refractivity contribution in [3.63, 3.8) is 0 Å². The van der Waals surface area contributed by atoms with E-state index in [-0.39, 0.29) is 17.7 Å². The Balaban J connectivity index is 1.79. The summed E-state index contributed by atoms with van der Waals surface area (Å²) in [7, 11) is 0. The van der Waals surface area contributed by atoms with Gasteiger partial charge in [0.1, 0.15) is 0 Å². The SMILES string of the molecule is Cc1nc(-c2ccccc2)oc1C(=O)NC(CN)C1CC1. The monoisotopic (exact) mass is 285 g/mol. The molecule has 0 radical (unpaired) electrons. The summed E-state index contributed by atoms with van der Waals surface area (Å²) >= 11 is 0. The van der Waals surface area contributed by atoms with Crippen LogP contribution in [0.4, 0.5) is 0 Å². The molecule has 110 valence electrons. The van der Waals surface area contributed by atoms with Crippen molar-refractivity contribution in [1.29, 1.82) is 0 Å². The molecule has 1 aliphatic rings. The lowest BCUT2D eigenvalue weighted by atomic mass is 10.2. The van der Waals surface area contributed by atoms with E-state index in [4.69, 9.17) is 10.2 Å². The van der Waals surface area contributed by atoms with E-state index in [9.17, 15) is 4.79 Å². The minimum absolute atomic E-state index is 0.0298. The molecule has 5 heteroatoms. The topological polar surface area (TPSA) is 81.2 Å². The molecule has 1 fully saturated rings. The first-order valence-corrected chi connectivity index (χ1v) is 7.23. The minimum Gasteiger partial charge on any atom is -0.431 e. The zero-order valence-electron chi connectivity index (χ0n) is 12.0. The summed E-state index contributed by atoms with van der Waals surface area (Å²) in [4.78, 5) is 16.6. The van der Waals surface area contributed by atoms with Crippen LogP contribution in [-0.2, 0) is 0 Å². The number of hydrogen-bond donors (Lipinski definition) is 2. The number of rotatable bonds is 5. The van der Waals surface area contributed by atoms with E-state index in [1.54, 1.807) is 6.92 Å². The van der Waals surface area contributed by atoms with Crippen LogP contribution in [0, 0.1) is 12.8 Å². The Bertz CT molecular complexity index is 632. The number of nitrogens with one attached hydrogen (secondary N) is 1. The predicted octanol–water partition coefficient (Wildman–Crippen LogP) is 2.12. The van der Waals surface area contributed by atoms with Gasteiger partial charge in [-0.1, -0.05) is 18.2 Å². The third-order valence-corrected chi connectivity index (χ3v) is 3.79. The second kappa shape index (κ2) is 5.69. The molecular weight excluding hydrogens is 266 g/mol. The number of carbonyl (C=O) groups excluding carboxylic acids is 1. The highest BCUT2D eigenvalue weighted by Crippen LogP contribution is 2.32. The van der Waals surface area contributed by atoms with Crippen LogP contribution in [0.15, 0.2) is 34.7 Å². The Hall–Kier alpha value is -2.14. The van der Waals surface area contributed by atoms with Crippen LogP contribution < -0.4 is 11.1 Å². The highest BCUT2D eigenvalue weighted by molar-refractivity contribution is 5.93. The fourth-order valence-electron chi connectivity index (χ4n) is 2.41. The van der Waals surface area contributed by atoms with E-state index in [1.807, 2.05) is 30.3 Å². The molecule has 1 aliphatic carbocycles. The summed E-state index contributed by atoms with van der Waals surface area (Å²) in [5.74, 6) is 1.02. The molecule has 2 aromatic rings. The summed E-state index contributed by atoms with van der Waals surface area (Å²) in [6.07, 6.45) is 2.26. The van der Waals surface area contributed by atoms with Crippen LogP contribution in [0.25, 0.3) is 11.5 Å². The average molecular weight is 285 g/mol. The van der Waals surface area contributed by atoms with Crippen molar-refractivity contribution in [3.8, 4) is 11.5 Å². The minimum atomic E-state index is -0.232. The molecule has 3 N–H and O–H groups in total. The van der Waals surface area contributed by atoms with Crippen LogP contribution in [-0.4, -0.2) is 23.5 Å². The Morgan fingerprint density at radius 2 is 2.14 bits per heavy atom. The molecule has 1 aromatic heterocycles. The standard InChI is InChI=1S/C16H19N3O2/c1-10-14(15(20)19-13(9-17)11-7-8-11)21-16(18-10)12-5-3-2-4-6-12/h2-6,11,13H,7-9,17H2,1H3,(H,19,20). The van der Waals surface area contributed by atoms with E-state index in [1.165, 1.54) is 0 Å². The molecular formula is C16H19N3O2. The quantitative estimate of drug-likeness (QED) is 0.881. The molecule has 1 amide bonds. The smallest absolute Gasteiger partial charge is 0.289 e. The molecule has 5 nitrogen and oxygen atoms in total. The second-order valence-electron chi connectivity index (χ2n) is 5.45. The molecule has 3 rings (SSSR count). The van der Waals surface area contributed by atoms with Gasteiger partial charge in [-0.25, -0.2) is 4.98 Å². The van der Waals surface area contributed by atoms with Gasteiger partial charge in [-0.3, -0.25) is 4.79 Å². The lowest BCUT2D eigenvalue weighted by Crippen LogP contribution is -2.41. The van der Waals surface area contributed by atoms with E-state index in [0.29, 0.717) is 24.0 Å². The van der Waals surface area contributed by atoms with Crippen molar-refractivity contribution >= 4 is 5.91 Å². The zero-order valence-corrected chi connectivity index (χ0v) is 12.0. The van der Waals surface area contributed by atoms with E-state index in [2.05, 4.69) is 10.3 Å². The Kier molecular flexibility index (Phi) is 3.75. The van der Waals surface area contributed by atoms with E-state index in [0.717, 1.165) is 18.4 Å². The summed E-state index contributed by atoms with van der Waals surface area (Å²) in [6, 6.07) is 9.58. The van der Waals surface area contributed by atoms with Crippen LogP contribution in [0.5, 0.6) is 0 Å². The van der Waals surface area contributed by atoms with Gasteiger partial charge in [0.15, 0.2) is 0 Å². The maximum atomic E-state index is 12.3. The second-order valence-corrected chi connectivity index (χ2v) is 5.45. The van der Waals surface area contributed by atoms with Crippen molar-refractivity contribution in [2.45, 2.75) is 25.8 Å². The number of carbonyl (C=O) groups is 1. The largest absolute Gasteiger partial charge is 0.431 e. The average Bonchev–Trinajstić information content (AvgIpc) is 3.27. The van der Waals surface area contributed by atoms with Crippen LogP contribution in [0.1, 0.15) is 29.1 Å². The van der Waals surface area contributed by atoms with Gasteiger partial charge in [0.2, 0.25) is 11.7 Å². The molecule has 1 heterocycles. The molecule has 21 heavy (non-hydrogen) atoms. The Labute approximate surface area is 123 Å². The van der Waals surface area contributed by atoms with Crippen molar-refractivity contribution in [2.24, 2.45) is 11.7 Å². The van der Waals surface area contributed by atoms with Crippen LogP contribution in [0.3, 0.4) is 0 Å². The summed E-state index contributed by atoms with van der Waals surface area (Å²) < 4.78 is 5.64. The van der Waals surface area contributed by atoms with Crippen LogP contribution >= 0.6 is 0 Å². The van der Waals surface area contributed by atoms with E-state index >= 15 is 0 Å². The molecule has 0 bridgehead atoms. The van der Waals surface area contributed by atoms with Gasteiger partial charge >= 0.3 is 0 Å². The molecule has 0 saturated heterocycles. The first-order chi connectivity index (χ1) is 10.2. The maximum Gasteiger partial charge on any atom is 0.289 e. The van der Waals surface area contributed by atoms with E-state index < -0.39 is 0 Å². The van der Waals surface area contributed by atoms with Gasteiger partial charge < -0.3 is 15.5 Å². The first-order valence-electron chi connectivity index (χ1n) is 7.23. The zero-order chi connectivity index (χ0) is 14.8. The predicted molar refractivity (Wildman–Crippen MR) is 79.7 cm³/mol. The molecule has 1 atom stereocenters. The van der Waals surface area contributed by atoms with Crippen LogP contribution in [0.2, 0.25) is 0 Å². The number of amides is 1. The Morgan fingerprint density at radius 1 is 1.43 bits per heavy atom. The van der Waals surface area contributed by atoms with Crippen molar-refractivity contribution in [3.05, 3.63) is 41.8 Å². The molecule has 0 spiro atoms. The number of aromatic nitrogens is 1. The maximum absolute atomic E-state index is 12.3. The summed E-state index contributed by atoms with van der Waals surface area (Å²) in [5.41, 5.74) is 7.17. The number of aryl methyl sites for hydroxylation is 1. The third-order valence-electron chi connectivity index (χ3n) is 3.79. The lowest BCUT2D eigenvalue weighted by molar-refractivity contribution is 0.0905. The van der Waals surface area contributed by atoms with Crippen molar-refractivity contribution in [2.75, 3.05) is 6.54 Å². The number of oxazole rings is 1. The van der Waals surface area contributed by atoms with Gasteiger partial charge in [0.05, 0.1) is 5.69 Å². The normalized spacial score (nSPS) is 15.7. The van der Waals surface area contributed by atoms with Crippen molar-refractivity contribution in [1.82, 2.24) is 10.3 Å². The molecule has 0 aliphatic heterocycles. The Morgan fingerprint density at radius 3 is 2.76 bits per heavy atom. The first kappa shape index (κ1) is 13.8. The lowest BCUT2D eigenvalue weighted by Gasteiger charge is -2.14. The number of nitrogens with two attached hydrogens (primary N) is 1. The van der Waals surface area contributed by atoms with Gasteiger partial charge in [-0.05, 0) is 37.8 Å². The molecule has 1 aromatic carbocycles. The number of nitrogens with zero attached hydrogens (tertiary/aromatic N) is 1. The highest BCUT2D eigenvalue weighted by atomic mass is 16.4. The number of benzene rings is 1. The fourth-order valence-corrected chi connectivity index (χ4v) is 2.41. The van der Waals surface area contributed by atoms with Gasteiger partial charge in [-0.2, -0.15) is 0 Å². The molecule has 1 saturated carbocycles. The third kappa shape index (κ3) is 2.97. The molecule has 1 unspecified atom stereocenters. The van der Waals surface area contributed by atoms with Gasteiger partial charge in [0.25, 0.3) is 5.91 Å². The van der Waals surface area contributed by atoms with Gasteiger partial charge in [0, 0.05) is 18.2 Å². The summed E-state index contributed by atoms with van der Waals surface area (Å²) in [5, 5.41) is 2.95. The van der Waals surface area contributed by atoms with Gasteiger partial charge in [-0.15, -0.1) is 0 Å². The number of hydrogen-bond acceptors (Lipinski definition) is 4.